The number of ether oxygens (including phenoxy) is 2. The van der Waals surface area contributed by atoms with Crippen molar-refractivity contribution in [3.8, 4) is 11.5 Å². The van der Waals surface area contributed by atoms with Gasteiger partial charge >= 0.3 is 0 Å². The summed E-state index contributed by atoms with van der Waals surface area (Å²) in [7, 11) is -4.00. The molecule has 0 saturated carbocycles. The Morgan fingerprint density at radius 1 is 0.927 bits per heavy atom. The van der Waals surface area contributed by atoms with Gasteiger partial charge in [-0.2, -0.15) is 0 Å². The van der Waals surface area contributed by atoms with E-state index in [9.17, 15) is 12.8 Å². The van der Waals surface area contributed by atoms with Gasteiger partial charge in [0, 0.05) is 36.0 Å². The Morgan fingerprint density at radius 2 is 1.56 bits per heavy atom. The summed E-state index contributed by atoms with van der Waals surface area (Å²) >= 11 is 0. The predicted molar refractivity (Wildman–Crippen MR) is 167 cm³/mol. The number of hydrogen-bond acceptors (Lipinski definition) is 6. The van der Waals surface area contributed by atoms with Gasteiger partial charge in [-0.05, 0) is 60.1 Å². The van der Waals surface area contributed by atoms with E-state index in [0.717, 1.165) is 63.3 Å². The predicted octanol–water partition coefficient (Wildman–Crippen LogP) is 6.57. The lowest BCUT2D eigenvalue weighted by Crippen LogP contribution is -2.40. The molecule has 0 aliphatic heterocycles. The average molecular weight is 602 g/mol. The molecule has 0 unspecified atom stereocenters. The van der Waals surface area contributed by atoms with Crippen molar-refractivity contribution in [1.82, 2.24) is 10.3 Å². The molecule has 3 aromatic carbocycles. The summed E-state index contributed by atoms with van der Waals surface area (Å²) in [5, 5.41) is 5.67. The average Bonchev–Trinajstić information content (AvgIpc) is 3.32. The Balaban J connectivity index is 1.43. The molecule has 1 aromatic heterocycles. The molecule has 0 bridgehead atoms. The molecule has 0 aliphatic carbocycles. The third kappa shape index (κ3) is 7.59. The van der Waals surface area contributed by atoms with E-state index in [2.05, 4.69) is 35.8 Å². The number of anilines is 1. The van der Waals surface area contributed by atoms with Crippen LogP contribution in [0.4, 0.5) is 10.1 Å². The highest BCUT2D eigenvalue weighted by Gasteiger charge is 2.32. The van der Waals surface area contributed by atoms with E-state index in [4.69, 9.17) is 13.9 Å². The van der Waals surface area contributed by atoms with Gasteiger partial charge in [0.2, 0.25) is 10.0 Å². The number of nitrogens with one attached hydrogen (secondary N) is 3. The lowest BCUT2D eigenvalue weighted by molar-refractivity contribution is 0.183. The smallest absolute Gasteiger partial charge is 0.229 e. The molecule has 4 rings (SSSR count). The quantitative estimate of drug-likeness (QED) is 0.105. The lowest BCUT2D eigenvalue weighted by Gasteiger charge is -2.34. The minimum absolute atomic E-state index is 0.0792. The van der Waals surface area contributed by atoms with Crippen molar-refractivity contribution in [2.24, 2.45) is 0 Å². The minimum atomic E-state index is -3.63. The first kappa shape index (κ1) is 30.8. The van der Waals surface area contributed by atoms with Gasteiger partial charge < -0.3 is 24.2 Å². The van der Waals surface area contributed by atoms with Gasteiger partial charge in [0.1, 0.15) is 23.9 Å². The summed E-state index contributed by atoms with van der Waals surface area (Å²) in [6, 6.07) is 19.3. The summed E-state index contributed by atoms with van der Waals surface area (Å²) in [5.41, 5.74) is 2.64. The van der Waals surface area contributed by atoms with Gasteiger partial charge in [-0.3, -0.25) is 4.72 Å². The minimum Gasteiger partial charge on any atom is -0.497 e. The molecule has 8 nitrogen and oxygen atoms in total. The van der Waals surface area contributed by atoms with Crippen molar-refractivity contribution in [2.45, 2.75) is 45.0 Å². The van der Waals surface area contributed by atoms with Gasteiger partial charge in [-0.1, -0.05) is 26.8 Å². The fourth-order valence-corrected chi connectivity index (χ4v) is 8.49. The summed E-state index contributed by atoms with van der Waals surface area (Å²) in [4.78, 5) is 3.43. The summed E-state index contributed by atoms with van der Waals surface area (Å²) in [6.45, 7) is 7.94. The molecule has 0 spiro atoms. The normalized spacial score (nSPS) is 13.0. The molecule has 0 saturated heterocycles. The maximum Gasteiger partial charge on any atom is 0.229 e. The van der Waals surface area contributed by atoms with E-state index < -0.39 is 24.2 Å². The first-order valence-corrected chi connectivity index (χ1v) is 18.4. The SMILES string of the molecule is CC[Si](CC)(CC)O[C@@H](CNCCOc1ccc2c(c1)[nH]c1cc(OC)ccc12)c1ccc(F)c(NS(C)(=O)=O)c1. The fraction of sp³-hybridized carbons (Fsp3) is 0.400. The Labute approximate surface area is 242 Å². The molecule has 0 radical (unpaired) electrons. The number of aromatic nitrogens is 1. The Bertz CT molecular complexity index is 1580. The van der Waals surface area contributed by atoms with Crippen LogP contribution in [0.2, 0.25) is 18.1 Å². The Kier molecular flexibility index (Phi) is 9.95. The molecular formula is C30H40FN3O5SSi. The summed E-state index contributed by atoms with van der Waals surface area (Å²) in [6.07, 6.45) is 0.646. The van der Waals surface area contributed by atoms with Crippen molar-refractivity contribution in [1.29, 1.82) is 0 Å². The second kappa shape index (κ2) is 13.2. The maximum absolute atomic E-state index is 14.4. The Hall–Kier alpha value is -3.12. The molecular weight excluding hydrogens is 561 g/mol. The molecule has 0 amide bonds. The molecule has 0 fully saturated rings. The number of halogens is 1. The molecule has 11 heteroatoms. The van der Waals surface area contributed by atoms with Gasteiger partial charge in [-0.25, -0.2) is 12.8 Å². The number of aromatic amines is 1. The van der Waals surface area contributed by atoms with Gasteiger partial charge in [0.25, 0.3) is 0 Å². The van der Waals surface area contributed by atoms with Crippen molar-refractivity contribution >= 4 is 45.8 Å². The molecule has 0 aliphatic rings. The van der Waals surface area contributed by atoms with Gasteiger partial charge in [0.15, 0.2) is 8.32 Å². The standard InChI is InChI=1S/C30H40FN3O5SSi/c1-6-41(7-2,8-3)39-30(21-9-14-26(31)29(17-21)34-40(5,35)36)20-32-15-16-38-23-11-13-25-24-12-10-22(37-4)18-27(24)33-28(25)19-23/h9-14,17-19,30,32-34H,6-8,15-16,20H2,1-5H3/t30-/m0/s1. The maximum atomic E-state index is 14.4. The van der Waals surface area contributed by atoms with Crippen molar-refractivity contribution < 1.29 is 26.7 Å². The van der Waals surface area contributed by atoms with Crippen molar-refractivity contribution in [2.75, 3.05) is 37.8 Å². The summed E-state index contributed by atoms with van der Waals surface area (Å²) < 4.78 is 58.4. The number of rotatable bonds is 15. The van der Waals surface area contributed by atoms with Gasteiger partial charge in [-0.15, -0.1) is 0 Å². The number of H-pyrrole nitrogens is 1. The fourth-order valence-electron chi connectivity index (χ4n) is 5.11. The zero-order chi connectivity index (χ0) is 29.6. The lowest BCUT2D eigenvalue weighted by atomic mass is 10.1. The molecule has 3 N–H and O–H groups in total. The number of benzene rings is 3. The second-order valence-corrected chi connectivity index (χ2v) is 16.7. The highest BCUT2D eigenvalue weighted by Crippen LogP contribution is 2.32. The van der Waals surface area contributed by atoms with Crippen molar-refractivity contribution in [3.63, 3.8) is 0 Å². The van der Waals surface area contributed by atoms with Crippen LogP contribution in [-0.2, 0) is 14.4 Å². The van der Waals surface area contributed by atoms with E-state index in [0.29, 0.717) is 19.7 Å². The number of sulfonamides is 1. The zero-order valence-electron chi connectivity index (χ0n) is 24.3. The Morgan fingerprint density at radius 3 is 2.17 bits per heavy atom. The van der Waals surface area contributed by atoms with Crippen LogP contribution in [0.15, 0.2) is 54.6 Å². The van der Waals surface area contributed by atoms with Crippen LogP contribution in [0.5, 0.6) is 11.5 Å². The monoisotopic (exact) mass is 601 g/mol. The van der Waals surface area contributed by atoms with Crippen LogP contribution >= 0.6 is 0 Å². The number of fused-ring (bicyclic) bond motifs is 3. The summed E-state index contributed by atoms with van der Waals surface area (Å²) in [5.74, 6) is 0.930. The van der Waals surface area contributed by atoms with Crippen molar-refractivity contribution in [3.05, 3.63) is 66.0 Å². The molecule has 1 heterocycles. The van der Waals surface area contributed by atoms with E-state index in [1.54, 1.807) is 13.2 Å². The molecule has 4 aromatic rings. The topological polar surface area (TPSA) is 102 Å². The number of methoxy groups -OCH3 is 1. The number of hydrogen-bond donors (Lipinski definition) is 3. The second-order valence-electron chi connectivity index (χ2n) is 10.3. The first-order chi connectivity index (χ1) is 19.6. The van der Waals surface area contributed by atoms with Crippen LogP contribution in [0, 0.1) is 5.82 Å². The van der Waals surface area contributed by atoms with E-state index >= 15 is 0 Å². The highest BCUT2D eigenvalue weighted by atomic mass is 32.2. The van der Waals surface area contributed by atoms with Crippen LogP contribution in [-0.4, -0.2) is 54.8 Å². The molecule has 222 valence electrons. The third-order valence-corrected chi connectivity index (χ3v) is 12.9. The van der Waals surface area contributed by atoms with Crippen LogP contribution in [0.3, 0.4) is 0 Å². The third-order valence-electron chi connectivity index (χ3n) is 7.64. The van der Waals surface area contributed by atoms with Crippen LogP contribution < -0.4 is 19.5 Å². The van der Waals surface area contributed by atoms with E-state index in [1.165, 1.54) is 12.1 Å². The first-order valence-electron chi connectivity index (χ1n) is 14.0. The van der Waals surface area contributed by atoms with E-state index in [-0.39, 0.29) is 11.8 Å². The van der Waals surface area contributed by atoms with Crippen LogP contribution in [0.1, 0.15) is 32.4 Å². The molecule has 1 atom stereocenters. The highest BCUT2D eigenvalue weighted by molar-refractivity contribution is 7.92. The van der Waals surface area contributed by atoms with Gasteiger partial charge in [0.05, 0.1) is 36.2 Å². The zero-order valence-corrected chi connectivity index (χ0v) is 26.2. The van der Waals surface area contributed by atoms with Crippen LogP contribution in [0.25, 0.3) is 21.8 Å². The largest absolute Gasteiger partial charge is 0.497 e. The van der Waals surface area contributed by atoms with E-state index in [1.807, 2.05) is 36.4 Å². The molecule has 41 heavy (non-hydrogen) atoms.